The Morgan fingerprint density at radius 3 is 2.21 bits per heavy atom. The van der Waals surface area contributed by atoms with E-state index in [-0.39, 0.29) is 17.9 Å². The van der Waals surface area contributed by atoms with Crippen molar-refractivity contribution in [3.05, 3.63) is 0 Å². The van der Waals surface area contributed by atoms with E-state index in [2.05, 4.69) is 32.6 Å². The SMILES string of the molecule is CCC(C)C(N)C(=O)N1CCC(N(CC)CC)CC1. The first kappa shape index (κ1) is 16.4. The van der Waals surface area contributed by atoms with Crippen LogP contribution in [0.3, 0.4) is 0 Å². The smallest absolute Gasteiger partial charge is 0.239 e. The molecule has 0 aromatic carbocycles. The van der Waals surface area contributed by atoms with E-state index >= 15 is 0 Å². The van der Waals surface area contributed by atoms with Crippen LogP contribution in [0.5, 0.6) is 0 Å². The van der Waals surface area contributed by atoms with Gasteiger partial charge >= 0.3 is 0 Å². The number of hydrogen-bond acceptors (Lipinski definition) is 3. The lowest BCUT2D eigenvalue weighted by atomic mass is 9.96. The van der Waals surface area contributed by atoms with Crippen molar-refractivity contribution in [1.29, 1.82) is 0 Å². The second-order valence-electron chi connectivity index (χ2n) is 5.69. The maximum atomic E-state index is 12.3. The Morgan fingerprint density at radius 1 is 1.26 bits per heavy atom. The molecular formula is C15H31N3O. The highest BCUT2D eigenvalue weighted by molar-refractivity contribution is 5.82. The van der Waals surface area contributed by atoms with Crippen LogP contribution >= 0.6 is 0 Å². The van der Waals surface area contributed by atoms with Crippen molar-refractivity contribution in [3.8, 4) is 0 Å². The van der Waals surface area contributed by atoms with Gasteiger partial charge in [-0.3, -0.25) is 4.79 Å². The van der Waals surface area contributed by atoms with Crippen molar-refractivity contribution in [2.75, 3.05) is 26.2 Å². The number of carbonyl (C=O) groups is 1. The van der Waals surface area contributed by atoms with Gasteiger partial charge in [0.15, 0.2) is 0 Å². The number of amides is 1. The first-order chi connectivity index (χ1) is 9.04. The van der Waals surface area contributed by atoms with E-state index in [0.717, 1.165) is 45.4 Å². The van der Waals surface area contributed by atoms with Crippen molar-refractivity contribution in [2.24, 2.45) is 11.7 Å². The summed E-state index contributed by atoms with van der Waals surface area (Å²) in [5.41, 5.74) is 6.05. The van der Waals surface area contributed by atoms with Gasteiger partial charge < -0.3 is 15.5 Å². The summed E-state index contributed by atoms with van der Waals surface area (Å²) in [5, 5.41) is 0. The van der Waals surface area contributed by atoms with Crippen LogP contribution in [0.25, 0.3) is 0 Å². The van der Waals surface area contributed by atoms with Crippen molar-refractivity contribution in [2.45, 2.75) is 59.0 Å². The van der Waals surface area contributed by atoms with E-state index in [1.807, 2.05) is 4.90 Å². The second-order valence-corrected chi connectivity index (χ2v) is 5.69. The Balaban J connectivity index is 2.47. The third kappa shape index (κ3) is 4.18. The highest BCUT2D eigenvalue weighted by Gasteiger charge is 2.29. The Kier molecular flexibility index (Phi) is 6.80. The highest BCUT2D eigenvalue weighted by atomic mass is 16.2. The zero-order valence-corrected chi connectivity index (χ0v) is 13.1. The fraction of sp³-hybridized carbons (Fsp3) is 0.933. The van der Waals surface area contributed by atoms with Gasteiger partial charge in [0.25, 0.3) is 0 Å². The van der Waals surface area contributed by atoms with E-state index in [4.69, 9.17) is 5.73 Å². The Hall–Kier alpha value is -0.610. The zero-order valence-electron chi connectivity index (χ0n) is 13.1. The van der Waals surface area contributed by atoms with Crippen LogP contribution in [-0.2, 0) is 4.79 Å². The van der Waals surface area contributed by atoms with E-state index in [9.17, 15) is 4.79 Å². The van der Waals surface area contributed by atoms with Crippen LogP contribution in [0.4, 0.5) is 0 Å². The summed E-state index contributed by atoms with van der Waals surface area (Å²) in [6.45, 7) is 12.5. The average molecular weight is 269 g/mol. The van der Waals surface area contributed by atoms with Crippen LogP contribution in [0.15, 0.2) is 0 Å². The molecule has 1 rings (SSSR count). The van der Waals surface area contributed by atoms with Crippen molar-refractivity contribution >= 4 is 5.91 Å². The molecule has 1 fully saturated rings. The van der Waals surface area contributed by atoms with Crippen LogP contribution in [-0.4, -0.2) is 54.0 Å². The van der Waals surface area contributed by atoms with Crippen molar-refractivity contribution in [3.63, 3.8) is 0 Å². The quantitative estimate of drug-likeness (QED) is 0.798. The number of nitrogens with zero attached hydrogens (tertiary/aromatic N) is 2. The molecule has 0 saturated carbocycles. The summed E-state index contributed by atoms with van der Waals surface area (Å²) in [6.07, 6.45) is 3.13. The minimum Gasteiger partial charge on any atom is -0.341 e. The molecule has 2 atom stereocenters. The monoisotopic (exact) mass is 269 g/mol. The molecule has 0 aromatic heterocycles. The third-order valence-electron chi connectivity index (χ3n) is 4.65. The standard InChI is InChI=1S/C15H31N3O/c1-5-12(4)14(16)15(19)18-10-8-13(9-11-18)17(6-2)7-3/h12-14H,5-11,16H2,1-4H3. The minimum atomic E-state index is -0.324. The van der Waals surface area contributed by atoms with Gasteiger partial charge in [0, 0.05) is 19.1 Å². The molecule has 1 heterocycles. The predicted octanol–water partition coefficient (Wildman–Crippen LogP) is 1.69. The second kappa shape index (κ2) is 7.85. The lowest BCUT2D eigenvalue weighted by Crippen LogP contribution is -2.52. The summed E-state index contributed by atoms with van der Waals surface area (Å²) >= 11 is 0. The van der Waals surface area contributed by atoms with Gasteiger partial charge in [-0.25, -0.2) is 0 Å². The number of carbonyl (C=O) groups excluding carboxylic acids is 1. The minimum absolute atomic E-state index is 0.146. The maximum absolute atomic E-state index is 12.3. The van der Waals surface area contributed by atoms with Gasteiger partial charge in [0.05, 0.1) is 6.04 Å². The maximum Gasteiger partial charge on any atom is 0.239 e. The molecule has 1 amide bonds. The van der Waals surface area contributed by atoms with Gasteiger partial charge in [-0.2, -0.15) is 0 Å². The predicted molar refractivity (Wildman–Crippen MR) is 80.0 cm³/mol. The van der Waals surface area contributed by atoms with Gasteiger partial charge in [-0.05, 0) is 31.8 Å². The lowest BCUT2D eigenvalue weighted by Gasteiger charge is -2.39. The normalized spacial score (nSPS) is 20.6. The fourth-order valence-corrected chi connectivity index (χ4v) is 2.90. The van der Waals surface area contributed by atoms with Crippen LogP contribution in [0.1, 0.15) is 47.0 Å². The summed E-state index contributed by atoms with van der Waals surface area (Å²) in [6, 6.07) is 0.314. The number of piperidine rings is 1. The molecule has 0 aliphatic carbocycles. The fourth-order valence-electron chi connectivity index (χ4n) is 2.90. The number of hydrogen-bond donors (Lipinski definition) is 1. The van der Waals surface area contributed by atoms with Crippen LogP contribution < -0.4 is 5.73 Å². The van der Waals surface area contributed by atoms with Crippen molar-refractivity contribution < 1.29 is 4.79 Å². The third-order valence-corrected chi connectivity index (χ3v) is 4.65. The lowest BCUT2D eigenvalue weighted by molar-refractivity contribution is -0.135. The van der Waals surface area contributed by atoms with E-state index < -0.39 is 0 Å². The Morgan fingerprint density at radius 2 is 1.79 bits per heavy atom. The molecule has 19 heavy (non-hydrogen) atoms. The number of likely N-dealkylation sites (tertiary alicyclic amines) is 1. The zero-order chi connectivity index (χ0) is 14.4. The molecule has 1 aliphatic heterocycles. The molecule has 0 radical (unpaired) electrons. The molecule has 1 aliphatic rings. The molecule has 0 bridgehead atoms. The van der Waals surface area contributed by atoms with Crippen LogP contribution in [0.2, 0.25) is 0 Å². The molecule has 0 aromatic rings. The Labute approximate surface area is 118 Å². The highest BCUT2D eigenvalue weighted by Crippen LogP contribution is 2.18. The summed E-state index contributed by atoms with van der Waals surface area (Å²) < 4.78 is 0. The molecule has 112 valence electrons. The molecule has 1 saturated heterocycles. The van der Waals surface area contributed by atoms with E-state index in [0.29, 0.717) is 6.04 Å². The first-order valence-electron chi connectivity index (χ1n) is 7.83. The van der Waals surface area contributed by atoms with Gasteiger partial charge in [-0.15, -0.1) is 0 Å². The summed E-state index contributed by atoms with van der Waals surface area (Å²) in [4.78, 5) is 16.8. The molecule has 2 unspecified atom stereocenters. The van der Waals surface area contributed by atoms with E-state index in [1.165, 1.54) is 0 Å². The molecule has 4 nitrogen and oxygen atoms in total. The first-order valence-corrected chi connectivity index (χ1v) is 7.83. The molecule has 0 spiro atoms. The van der Waals surface area contributed by atoms with Gasteiger partial charge in [-0.1, -0.05) is 34.1 Å². The summed E-state index contributed by atoms with van der Waals surface area (Å²) in [7, 11) is 0. The number of rotatable bonds is 6. The topological polar surface area (TPSA) is 49.6 Å². The number of nitrogens with two attached hydrogens (primary N) is 1. The van der Waals surface area contributed by atoms with Crippen molar-refractivity contribution in [1.82, 2.24) is 9.80 Å². The largest absolute Gasteiger partial charge is 0.341 e. The molecule has 4 heteroatoms. The van der Waals surface area contributed by atoms with E-state index in [1.54, 1.807) is 0 Å². The van der Waals surface area contributed by atoms with Crippen LogP contribution in [0, 0.1) is 5.92 Å². The van der Waals surface area contributed by atoms with Gasteiger partial charge in [0.1, 0.15) is 0 Å². The van der Waals surface area contributed by atoms with Gasteiger partial charge in [0.2, 0.25) is 5.91 Å². The molecule has 2 N–H and O–H groups in total. The average Bonchev–Trinajstić information content (AvgIpc) is 2.47. The summed E-state index contributed by atoms with van der Waals surface area (Å²) in [5.74, 6) is 0.417. The Bertz CT molecular complexity index is 271. The molecular weight excluding hydrogens is 238 g/mol.